The number of nitrogens with zero attached hydrogens (tertiary/aromatic N) is 1. The number of esters is 1. The van der Waals surface area contributed by atoms with E-state index in [4.69, 9.17) is 4.74 Å². The first kappa shape index (κ1) is 18.7. The van der Waals surface area contributed by atoms with Gasteiger partial charge in [0.05, 0.1) is 11.7 Å². The predicted molar refractivity (Wildman–Crippen MR) is 97.7 cm³/mol. The van der Waals surface area contributed by atoms with Crippen LogP contribution in [-0.4, -0.2) is 18.0 Å². The van der Waals surface area contributed by atoms with Crippen LogP contribution in [0.1, 0.15) is 46.6 Å². The van der Waals surface area contributed by atoms with Crippen molar-refractivity contribution in [1.29, 1.82) is 5.26 Å². The molecule has 0 atom stereocenters. The maximum absolute atomic E-state index is 12.2. The fourth-order valence-corrected chi connectivity index (χ4v) is 3.35. The second-order valence-electron chi connectivity index (χ2n) is 5.86. The molecule has 5 nitrogen and oxygen atoms in total. The summed E-state index contributed by atoms with van der Waals surface area (Å²) >= 11 is 1.08. The van der Waals surface area contributed by atoms with Gasteiger partial charge < -0.3 is 10.1 Å². The smallest absolute Gasteiger partial charge is 0.348 e. The molecule has 0 aliphatic heterocycles. The number of hydrogen-bond acceptors (Lipinski definition) is 5. The van der Waals surface area contributed by atoms with Crippen LogP contribution in [0.4, 0.5) is 5.00 Å². The van der Waals surface area contributed by atoms with Crippen LogP contribution in [0, 0.1) is 18.3 Å². The van der Waals surface area contributed by atoms with Gasteiger partial charge in [0, 0.05) is 6.42 Å². The molecule has 0 saturated heterocycles. The number of carbonyl (C=O) groups excluding carboxylic acids is 2. The highest BCUT2D eigenvalue weighted by Gasteiger charge is 2.22. The van der Waals surface area contributed by atoms with Crippen molar-refractivity contribution in [3.05, 3.63) is 51.9 Å². The fraction of sp³-hybridized carbons (Fsp3) is 0.316. The molecule has 1 aromatic heterocycles. The summed E-state index contributed by atoms with van der Waals surface area (Å²) in [5, 5.41) is 12.5. The highest BCUT2D eigenvalue weighted by Crippen LogP contribution is 2.33. The molecule has 25 heavy (non-hydrogen) atoms. The summed E-state index contributed by atoms with van der Waals surface area (Å²) in [6.07, 6.45) is 0.669. The van der Waals surface area contributed by atoms with Gasteiger partial charge in [0.1, 0.15) is 15.9 Å². The first-order valence-electron chi connectivity index (χ1n) is 8.00. The van der Waals surface area contributed by atoms with Crippen molar-refractivity contribution in [2.75, 3.05) is 5.32 Å². The zero-order chi connectivity index (χ0) is 18.4. The van der Waals surface area contributed by atoms with Crippen molar-refractivity contribution in [3.8, 4) is 6.07 Å². The number of rotatable bonds is 6. The molecule has 6 heteroatoms. The maximum atomic E-state index is 12.2. The van der Waals surface area contributed by atoms with Crippen LogP contribution in [0.15, 0.2) is 30.3 Å². The second-order valence-corrected chi connectivity index (χ2v) is 6.88. The number of nitriles is 1. The van der Waals surface area contributed by atoms with E-state index in [0.29, 0.717) is 33.8 Å². The van der Waals surface area contributed by atoms with E-state index >= 15 is 0 Å². The third-order valence-electron chi connectivity index (χ3n) is 3.52. The molecule has 0 radical (unpaired) electrons. The summed E-state index contributed by atoms with van der Waals surface area (Å²) in [6, 6.07) is 11.8. The lowest BCUT2D eigenvalue weighted by atomic mass is 10.1. The van der Waals surface area contributed by atoms with Crippen LogP contribution in [0.2, 0.25) is 0 Å². The molecule has 1 amide bonds. The van der Waals surface area contributed by atoms with E-state index in [2.05, 4.69) is 11.4 Å². The predicted octanol–water partition coefficient (Wildman–Crippen LogP) is 4.06. The van der Waals surface area contributed by atoms with Crippen LogP contribution in [0.25, 0.3) is 0 Å². The summed E-state index contributed by atoms with van der Waals surface area (Å²) in [4.78, 5) is 24.7. The third-order valence-corrected chi connectivity index (χ3v) is 4.71. The highest BCUT2D eigenvalue weighted by atomic mass is 32.1. The van der Waals surface area contributed by atoms with Crippen molar-refractivity contribution < 1.29 is 14.3 Å². The molecule has 1 heterocycles. The Labute approximate surface area is 151 Å². The minimum absolute atomic E-state index is 0.189. The van der Waals surface area contributed by atoms with Gasteiger partial charge in [-0.05, 0) is 38.3 Å². The molecule has 2 aromatic rings. The number of amides is 1. The molecular weight excluding hydrogens is 336 g/mol. The lowest BCUT2D eigenvalue weighted by Gasteiger charge is -2.06. The van der Waals surface area contributed by atoms with Crippen LogP contribution >= 0.6 is 11.3 Å². The van der Waals surface area contributed by atoms with Gasteiger partial charge in [0.25, 0.3) is 0 Å². The van der Waals surface area contributed by atoms with Crippen molar-refractivity contribution in [3.63, 3.8) is 0 Å². The number of thiophene rings is 1. The highest BCUT2D eigenvalue weighted by molar-refractivity contribution is 7.18. The minimum atomic E-state index is -0.473. The van der Waals surface area contributed by atoms with E-state index in [1.165, 1.54) is 0 Å². The van der Waals surface area contributed by atoms with Gasteiger partial charge in [0.2, 0.25) is 5.91 Å². The van der Waals surface area contributed by atoms with E-state index < -0.39 is 5.97 Å². The van der Waals surface area contributed by atoms with Crippen molar-refractivity contribution >= 4 is 28.2 Å². The number of benzene rings is 1. The Bertz CT molecular complexity index is 804. The van der Waals surface area contributed by atoms with E-state index in [1.54, 1.807) is 20.8 Å². The van der Waals surface area contributed by atoms with Crippen LogP contribution < -0.4 is 5.32 Å². The largest absolute Gasteiger partial charge is 0.459 e. The lowest BCUT2D eigenvalue weighted by molar-refractivity contribution is -0.116. The molecule has 0 fully saturated rings. The number of nitrogens with one attached hydrogen (secondary N) is 1. The molecule has 0 unspecified atom stereocenters. The summed E-state index contributed by atoms with van der Waals surface area (Å²) in [5.74, 6) is -0.663. The molecule has 1 N–H and O–H groups in total. The molecule has 2 rings (SSSR count). The van der Waals surface area contributed by atoms with Gasteiger partial charge in [0.15, 0.2) is 0 Å². The average Bonchev–Trinajstić information content (AvgIpc) is 2.89. The zero-order valence-corrected chi connectivity index (χ0v) is 15.3. The van der Waals surface area contributed by atoms with E-state index in [9.17, 15) is 14.9 Å². The number of carbonyl (C=O) groups is 2. The maximum Gasteiger partial charge on any atom is 0.348 e. The van der Waals surface area contributed by atoms with E-state index in [0.717, 1.165) is 16.9 Å². The zero-order valence-electron chi connectivity index (χ0n) is 14.5. The normalized spacial score (nSPS) is 10.4. The number of ether oxygens (including phenoxy) is 1. The first-order valence-corrected chi connectivity index (χ1v) is 8.82. The van der Waals surface area contributed by atoms with Crippen molar-refractivity contribution in [2.45, 2.75) is 39.7 Å². The summed E-state index contributed by atoms with van der Waals surface area (Å²) in [7, 11) is 0. The van der Waals surface area contributed by atoms with Gasteiger partial charge in [-0.25, -0.2) is 4.79 Å². The number of aryl methyl sites for hydroxylation is 1. The molecule has 1 aromatic carbocycles. The van der Waals surface area contributed by atoms with Gasteiger partial charge in [-0.15, -0.1) is 11.3 Å². The molecule has 0 aliphatic rings. The molecular formula is C19H20N2O3S. The summed E-state index contributed by atoms with van der Waals surface area (Å²) < 4.78 is 5.19. The van der Waals surface area contributed by atoms with Crippen molar-refractivity contribution in [1.82, 2.24) is 0 Å². The Morgan fingerprint density at radius 2 is 1.96 bits per heavy atom. The number of anilines is 1. The van der Waals surface area contributed by atoms with Gasteiger partial charge >= 0.3 is 5.97 Å². The molecule has 0 bridgehead atoms. The van der Waals surface area contributed by atoms with Gasteiger partial charge in [-0.3, -0.25) is 4.79 Å². The second kappa shape index (κ2) is 8.45. The van der Waals surface area contributed by atoms with Gasteiger partial charge in [-0.2, -0.15) is 5.26 Å². The Morgan fingerprint density at radius 3 is 2.56 bits per heavy atom. The quantitative estimate of drug-likeness (QED) is 0.792. The Kier molecular flexibility index (Phi) is 6.31. The standard InChI is InChI=1S/C19H20N2O3S/c1-12(2)24-19(23)17-13(3)15(11-20)18(25-17)21-16(22)10-9-14-7-5-4-6-8-14/h4-8,12H,9-10H2,1-3H3,(H,21,22). The first-order chi connectivity index (χ1) is 11.9. The SMILES string of the molecule is Cc1c(C(=O)OC(C)C)sc(NC(=O)CCc2ccccc2)c1C#N. The van der Waals surface area contributed by atoms with Gasteiger partial charge in [-0.1, -0.05) is 30.3 Å². The summed E-state index contributed by atoms with van der Waals surface area (Å²) in [5.41, 5.74) is 1.92. The Hall–Kier alpha value is -2.65. The Morgan fingerprint density at radius 1 is 1.28 bits per heavy atom. The van der Waals surface area contributed by atoms with Crippen LogP contribution in [-0.2, 0) is 16.0 Å². The van der Waals surface area contributed by atoms with E-state index in [-0.39, 0.29) is 12.0 Å². The fourth-order valence-electron chi connectivity index (χ4n) is 2.29. The molecule has 0 spiro atoms. The van der Waals surface area contributed by atoms with Crippen LogP contribution in [0.3, 0.4) is 0 Å². The monoisotopic (exact) mass is 356 g/mol. The molecule has 130 valence electrons. The topological polar surface area (TPSA) is 79.2 Å². The van der Waals surface area contributed by atoms with Crippen molar-refractivity contribution in [2.24, 2.45) is 0 Å². The molecule has 0 aliphatic carbocycles. The third kappa shape index (κ3) is 4.91. The average molecular weight is 356 g/mol. The molecule has 0 saturated carbocycles. The summed E-state index contributed by atoms with van der Waals surface area (Å²) in [6.45, 7) is 5.21. The number of hydrogen-bond donors (Lipinski definition) is 1. The lowest BCUT2D eigenvalue weighted by Crippen LogP contribution is -2.12. The minimum Gasteiger partial charge on any atom is -0.459 e. The Balaban J connectivity index is 2.09. The van der Waals surface area contributed by atoms with E-state index in [1.807, 2.05) is 30.3 Å². The van der Waals surface area contributed by atoms with Crippen LogP contribution in [0.5, 0.6) is 0 Å².